The molecule has 0 spiro atoms. The molecule has 0 aliphatic rings. The van der Waals surface area contributed by atoms with E-state index in [4.69, 9.17) is 9.47 Å². The highest BCUT2D eigenvalue weighted by Gasteiger charge is 2.33. The maximum atomic E-state index is 11.6. The topological polar surface area (TPSA) is 47.6 Å². The molecule has 4 nitrogen and oxygen atoms in total. The summed E-state index contributed by atoms with van der Waals surface area (Å²) < 4.78 is 9.91. The highest BCUT2D eigenvalue weighted by atomic mass is 16.5. The van der Waals surface area contributed by atoms with Crippen LogP contribution < -0.4 is 5.32 Å². The summed E-state index contributed by atoms with van der Waals surface area (Å²) in [6, 6.07) is 0. The Morgan fingerprint density at radius 2 is 2.29 bits per heavy atom. The van der Waals surface area contributed by atoms with E-state index in [1.807, 2.05) is 0 Å². The third-order valence-corrected chi connectivity index (χ3v) is 1.80. The van der Waals surface area contributed by atoms with Crippen molar-refractivity contribution in [1.82, 2.24) is 5.32 Å². The molecule has 0 fully saturated rings. The Morgan fingerprint density at radius 3 is 2.71 bits per heavy atom. The van der Waals surface area contributed by atoms with Crippen LogP contribution in [-0.4, -0.2) is 38.4 Å². The fourth-order valence-electron chi connectivity index (χ4n) is 1.06. The van der Waals surface area contributed by atoms with Gasteiger partial charge in [-0.05, 0) is 13.8 Å². The molecule has 0 aliphatic heterocycles. The number of carbonyl (C=O) groups is 1. The molecular formula is C10H19NO3. The van der Waals surface area contributed by atoms with Crippen LogP contribution in [0.2, 0.25) is 0 Å². The zero-order valence-corrected chi connectivity index (χ0v) is 9.13. The lowest BCUT2D eigenvalue weighted by Gasteiger charge is -2.27. The second-order valence-electron chi connectivity index (χ2n) is 3.16. The lowest BCUT2D eigenvalue weighted by molar-refractivity contribution is -0.152. The van der Waals surface area contributed by atoms with Gasteiger partial charge in [-0.25, -0.2) is 4.79 Å². The molecule has 14 heavy (non-hydrogen) atoms. The third kappa shape index (κ3) is 3.89. The second-order valence-corrected chi connectivity index (χ2v) is 3.16. The maximum absolute atomic E-state index is 11.6. The van der Waals surface area contributed by atoms with E-state index in [2.05, 4.69) is 11.9 Å². The predicted octanol–water partition coefficient (Wildman–Crippen LogP) is 0.730. The number of methoxy groups -OCH3 is 1. The molecule has 0 radical (unpaired) electrons. The predicted molar refractivity (Wildman–Crippen MR) is 55.1 cm³/mol. The number of hydrogen-bond donors (Lipinski definition) is 1. The molecule has 1 atom stereocenters. The quantitative estimate of drug-likeness (QED) is 0.487. The van der Waals surface area contributed by atoms with Crippen LogP contribution in [0.3, 0.4) is 0 Å². The molecule has 0 aliphatic carbocycles. The van der Waals surface area contributed by atoms with E-state index in [0.717, 1.165) is 0 Å². The number of rotatable bonds is 7. The summed E-state index contributed by atoms with van der Waals surface area (Å²) in [7, 11) is 1.55. The highest BCUT2D eigenvalue weighted by molar-refractivity contribution is 5.80. The molecule has 0 saturated heterocycles. The largest absolute Gasteiger partial charge is 0.465 e. The lowest BCUT2D eigenvalue weighted by Crippen LogP contribution is -2.53. The molecule has 0 aromatic carbocycles. The second kappa shape index (κ2) is 6.56. The molecule has 0 rings (SSSR count). The minimum absolute atomic E-state index is 0.277. The summed E-state index contributed by atoms with van der Waals surface area (Å²) in [4.78, 5) is 11.6. The summed E-state index contributed by atoms with van der Waals surface area (Å²) in [6.45, 7) is 8.28. The van der Waals surface area contributed by atoms with Gasteiger partial charge in [-0.15, -0.1) is 6.58 Å². The van der Waals surface area contributed by atoms with Crippen LogP contribution in [0, 0.1) is 0 Å². The van der Waals surface area contributed by atoms with Crippen LogP contribution in [0.5, 0.6) is 0 Å². The van der Waals surface area contributed by atoms with E-state index in [1.165, 1.54) is 0 Å². The van der Waals surface area contributed by atoms with Gasteiger partial charge in [-0.3, -0.25) is 5.32 Å². The first-order valence-corrected chi connectivity index (χ1v) is 4.62. The zero-order chi connectivity index (χ0) is 11.0. The molecule has 0 amide bonds. The van der Waals surface area contributed by atoms with Crippen molar-refractivity contribution in [3.63, 3.8) is 0 Å². The summed E-state index contributed by atoms with van der Waals surface area (Å²) in [5, 5.41) is 3.01. The van der Waals surface area contributed by atoms with E-state index >= 15 is 0 Å². The number of ether oxygens (including phenoxy) is 2. The Balaban J connectivity index is 4.34. The average molecular weight is 201 g/mol. The van der Waals surface area contributed by atoms with Gasteiger partial charge < -0.3 is 9.47 Å². The number of esters is 1. The SMILES string of the molecule is C=CCNC(C)(COC)C(=O)OCC. The van der Waals surface area contributed by atoms with Crippen LogP contribution >= 0.6 is 0 Å². The molecule has 0 aromatic rings. The van der Waals surface area contributed by atoms with E-state index in [9.17, 15) is 4.79 Å². The normalized spacial score (nSPS) is 14.5. The first-order chi connectivity index (χ1) is 6.60. The van der Waals surface area contributed by atoms with Crippen molar-refractivity contribution in [3.8, 4) is 0 Å². The van der Waals surface area contributed by atoms with Crippen LogP contribution in [0.25, 0.3) is 0 Å². The monoisotopic (exact) mass is 201 g/mol. The van der Waals surface area contributed by atoms with Gasteiger partial charge in [-0.2, -0.15) is 0 Å². The Kier molecular flexibility index (Phi) is 6.16. The summed E-state index contributed by atoms with van der Waals surface area (Å²) >= 11 is 0. The Labute approximate surface area is 85.3 Å². The third-order valence-electron chi connectivity index (χ3n) is 1.80. The molecule has 0 saturated carbocycles. The van der Waals surface area contributed by atoms with Crippen molar-refractivity contribution >= 4 is 5.97 Å². The molecule has 1 N–H and O–H groups in total. The highest BCUT2D eigenvalue weighted by Crippen LogP contribution is 2.07. The summed E-state index contributed by atoms with van der Waals surface area (Å²) in [6.07, 6.45) is 1.69. The standard InChI is InChI=1S/C10H19NO3/c1-5-7-11-10(3,8-13-4)9(12)14-6-2/h5,11H,1,6-8H2,2-4H3. The van der Waals surface area contributed by atoms with Gasteiger partial charge in [0.05, 0.1) is 13.2 Å². The van der Waals surface area contributed by atoms with Gasteiger partial charge >= 0.3 is 5.97 Å². The van der Waals surface area contributed by atoms with Crippen molar-refractivity contribution in [2.75, 3.05) is 26.9 Å². The molecule has 0 aromatic heterocycles. The van der Waals surface area contributed by atoms with Gasteiger partial charge in [0.25, 0.3) is 0 Å². The maximum Gasteiger partial charge on any atom is 0.328 e. The fraction of sp³-hybridized carbons (Fsp3) is 0.700. The van der Waals surface area contributed by atoms with Crippen LogP contribution in [-0.2, 0) is 14.3 Å². The molecular weight excluding hydrogens is 182 g/mol. The van der Waals surface area contributed by atoms with E-state index < -0.39 is 5.54 Å². The zero-order valence-electron chi connectivity index (χ0n) is 9.13. The molecule has 1 unspecified atom stereocenters. The summed E-state index contributed by atoms with van der Waals surface area (Å²) in [5.41, 5.74) is -0.793. The van der Waals surface area contributed by atoms with Gasteiger partial charge in [0, 0.05) is 13.7 Å². The van der Waals surface area contributed by atoms with Crippen LogP contribution in [0.15, 0.2) is 12.7 Å². The minimum atomic E-state index is -0.793. The first-order valence-electron chi connectivity index (χ1n) is 4.62. The van der Waals surface area contributed by atoms with Crippen molar-refractivity contribution in [3.05, 3.63) is 12.7 Å². The van der Waals surface area contributed by atoms with Gasteiger partial charge in [0.2, 0.25) is 0 Å². The molecule has 82 valence electrons. The average Bonchev–Trinajstić information content (AvgIpc) is 2.15. The van der Waals surface area contributed by atoms with Crippen LogP contribution in [0.1, 0.15) is 13.8 Å². The molecule has 0 bridgehead atoms. The molecule has 0 heterocycles. The van der Waals surface area contributed by atoms with Gasteiger partial charge in [0.1, 0.15) is 5.54 Å². The minimum Gasteiger partial charge on any atom is -0.465 e. The van der Waals surface area contributed by atoms with E-state index in [0.29, 0.717) is 13.2 Å². The van der Waals surface area contributed by atoms with Crippen molar-refractivity contribution in [1.29, 1.82) is 0 Å². The fourth-order valence-corrected chi connectivity index (χ4v) is 1.06. The number of carbonyl (C=O) groups excluding carboxylic acids is 1. The lowest BCUT2D eigenvalue weighted by atomic mass is 10.0. The van der Waals surface area contributed by atoms with E-state index in [1.54, 1.807) is 27.0 Å². The number of nitrogens with one attached hydrogen (secondary N) is 1. The number of hydrogen-bond acceptors (Lipinski definition) is 4. The Hall–Kier alpha value is -0.870. The van der Waals surface area contributed by atoms with Crippen LogP contribution in [0.4, 0.5) is 0 Å². The Morgan fingerprint density at radius 1 is 1.64 bits per heavy atom. The van der Waals surface area contributed by atoms with Crippen molar-refractivity contribution < 1.29 is 14.3 Å². The smallest absolute Gasteiger partial charge is 0.328 e. The van der Waals surface area contributed by atoms with Gasteiger partial charge in [-0.1, -0.05) is 6.08 Å². The van der Waals surface area contributed by atoms with Crippen molar-refractivity contribution in [2.45, 2.75) is 19.4 Å². The van der Waals surface area contributed by atoms with Crippen molar-refractivity contribution in [2.24, 2.45) is 0 Å². The Bertz CT molecular complexity index is 194. The van der Waals surface area contributed by atoms with Gasteiger partial charge in [0.15, 0.2) is 0 Å². The van der Waals surface area contributed by atoms with E-state index in [-0.39, 0.29) is 12.6 Å². The first kappa shape index (κ1) is 13.1. The molecule has 4 heteroatoms. The summed E-state index contributed by atoms with van der Waals surface area (Å²) in [5.74, 6) is -0.302.